The van der Waals surface area contributed by atoms with Gasteiger partial charge in [-0.05, 0) is 36.6 Å². The standard InChI is InChI=1S/C17H21NO4S/c1-5-13-8-6-7-12(2)17(13)18-23(19,20)14-9-10-15(21-3)16(11-14)22-4/h6-11,18H,5H2,1-4H3. The van der Waals surface area contributed by atoms with Gasteiger partial charge in [-0.2, -0.15) is 0 Å². The third kappa shape index (κ3) is 3.59. The number of benzene rings is 2. The van der Waals surface area contributed by atoms with E-state index in [9.17, 15) is 8.42 Å². The minimum atomic E-state index is -3.71. The second kappa shape index (κ2) is 6.91. The molecule has 2 aromatic carbocycles. The van der Waals surface area contributed by atoms with Crippen LogP contribution in [-0.2, 0) is 16.4 Å². The van der Waals surface area contributed by atoms with Crippen LogP contribution in [0.3, 0.4) is 0 Å². The van der Waals surface area contributed by atoms with Gasteiger partial charge in [0.2, 0.25) is 0 Å². The van der Waals surface area contributed by atoms with Gasteiger partial charge in [0.25, 0.3) is 10.0 Å². The summed E-state index contributed by atoms with van der Waals surface area (Å²) in [7, 11) is -0.736. The van der Waals surface area contributed by atoms with Crippen molar-refractivity contribution < 1.29 is 17.9 Å². The zero-order valence-electron chi connectivity index (χ0n) is 13.7. The van der Waals surface area contributed by atoms with Crippen LogP contribution in [-0.4, -0.2) is 22.6 Å². The first-order chi connectivity index (χ1) is 10.9. The summed E-state index contributed by atoms with van der Waals surface area (Å²) in [4.78, 5) is 0.125. The maximum Gasteiger partial charge on any atom is 0.262 e. The Balaban J connectivity index is 2.44. The van der Waals surface area contributed by atoms with Crippen LogP contribution < -0.4 is 14.2 Å². The van der Waals surface area contributed by atoms with Gasteiger partial charge >= 0.3 is 0 Å². The number of ether oxygens (including phenoxy) is 2. The number of sulfonamides is 1. The average Bonchev–Trinajstić information content (AvgIpc) is 2.55. The van der Waals surface area contributed by atoms with E-state index in [4.69, 9.17) is 9.47 Å². The highest BCUT2D eigenvalue weighted by atomic mass is 32.2. The van der Waals surface area contributed by atoms with Crippen molar-refractivity contribution in [2.45, 2.75) is 25.2 Å². The molecule has 0 aliphatic heterocycles. The van der Waals surface area contributed by atoms with Crippen LogP contribution in [0.5, 0.6) is 11.5 Å². The predicted molar refractivity (Wildman–Crippen MR) is 90.9 cm³/mol. The fourth-order valence-electron chi connectivity index (χ4n) is 2.35. The van der Waals surface area contributed by atoms with Crippen molar-refractivity contribution in [3.63, 3.8) is 0 Å². The van der Waals surface area contributed by atoms with Crippen molar-refractivity contribution in [3.05, 3.63) is 47.5 Å². The third-order valence-electron chi connectivity index (χ3n) is 3.64. The number of para-hydroxylation sites is 1. The molecule has 0 heterocycles. The van der Waals surface area contributed by atoms with Crippen LogP contribution in [0.25, 0.3) is 0 Å². The highest BCUT2D eigenvalue weighted by molar-refractivity contribution is 7.92. The summed E-state index contributed by atoms with van der Waals surface area (Å²) < 4.78 is 38.4. The minimum absolute atomic E-state index is 0.125. The quantitative estimate of drug-likeness (QED) is 0.879. The second-order valence-corrected chi connectivity index (χ2v) is 6.77. The van der Waals surface area contributed by atoms with E-state index in [1.54, 1.807) is 6.07 Å². The third-order valence-corrected chi connectivity index (χ3v) is 4.99. The van der Waals surface area contributed by atoms with E-state index in [0.29, 0.717) is 17.2 Å². The molecule has 6 heteroatoms. The highest BCUT2D eigenvalue weighted by Gasteiger charge is 2.19. The van der Waals surface area contributed by atoms with Gasteiger partial charge in [0.05, 0.1) is 24.8 Å². The lowest BCUT2D eigenvalue weighted by Gasteiger charge is -2.15. The number of rotatable bonds is 6. The Kier molecular flexibility index (Phi) is 5.15. The van der Waals surface area contributed by atoms with Crippen molar-refractivity contribution in [2.24, 2.45) is 0 Å². The molecule has 0 unspecified atom stereocenters. The number of aryl methyl sites for hydroxylation is 2. The molecular formula is C17H21NO4S. The summed E-state index contributed by atoms with van der Waals surface area (Å²) in [6, 6.07) is 10.2. The lowest BCUT2D eigenvalue weighted by molar-refractivity contribution is 0.354. The molecule has 0 bridgehead atoms. The van der Waals surface area contributed by atoms with Crippen molar-refractivity contribution in [1.29, 1.82) is 0 Å². The first kappa shape index (κ1) is 17.1. The fourth-order valence-corrected chi connectivity index (χ4v) is 3.53. The molecule has 5 nitrogen and oxygen atoms in total. The number of methoxy groups -OCH3 is 2. The van der Waals surface area contributed by atoms with Crippen molar-refractivity contribution >= 4 is 15.7 Å². The van der Waals surface area contributed by atoms with Crippen LogP contribution in [0.1, 0.15) is 18.1 Å². The number of nitrogens with one attached hydrogen (secondary N) is 1. The molecule has 2 aromatic rings. The SMILES string of the molecule is CCc1cccc(C)c1NS(=O)(=O)c1ccc(OC)c(OC)c1. The molecule has 23 heavy (non-hydrogen) atoms. The molecule has 0 aromatic heterocycles. The fraction of sp³-hybridized carbons (Fsp3) is 0.294. The largest absolute Gasteiger partial charge is 0.493 e. The first-order valence-corrected chi connectivity index (χ1v) is 8.74. The minimum Gasteiger partial charge on any atom is -0.493 e. The van der Waals surface area contributed by atoms with Crippen LogP contribution in [0.2, 0.25) is 0 Å². The summed E-state index contributed by atoms with van der Waals surface area (Å²) in [5, 5.41) is 0. The molecule has 0 fully saturated rings. The zero-order chi connectivity index (χ0) is 17.0. The summed E-state index contributed by atoms with van der Waals surface area (Å²) in [6.45, 7) is 3.87. The molecule has 0 aliphatic rings. The summed E-state index contributed by atoms with van der Waals surface area (Å²) in [5.41, 5.74) is 2.47. The van der Waals surface area contributed by atoms with E-state index < -0.39 is 10.0 Å². The monoisotopic (exact) mass is 335 g/mol. The predicted octanol–water partition coefficient (Wildman–Crippen LogP) is 3.38. The Morgan fingerprint density at radius 1 is 1.04 bits per heavy atom. The average molecular weight is 335 g/mol. The molecule has 0 aliphatic carbocycles. The van der Waals surface area contributed by atoms with Gasteiger partial charge in [0.1, 0.15) is 0 Å². The van der Waals surface area contributed by atoms with Crippen molar-refractivity contribution in [2.75, 3.05) is 18.9 Å². The molecule has 0 amide bonds. The van der Waals surface area contributed by atoms with E-state index in [-0.39, 0.29) is 4.90 Å². The molecule has 0 saturated carbocycles. The van der Waals surface area contributed by atoms with E-state index in [0.717, 1.165) is 17.5 Å². The molecule has 0 atom stereocenters. The Morgan fingerprint density at radius 3 is 2.35 bits per heavy atom. The van der Waals surface area contributed by atoms with Gasteiger partial charge in [-0.1, -0.05) is 25.1 Å². The van der Waals surface area contributed by atoms with Crippen LogP contribution >= 0.6 is 0 Å². The first-order valence-electron chi connectivity index (χ1n) is 7.26. The highest BCUT2D eigenvalue weighted by Crippen LogP contribution is 2.31. The van der Waals surface area contributed by atoms with Gasteiger partial charge in [-0.25, -0.2) is 8.42 Å². The van der Waals surface area contributed by atoms with Gasteiger partial charge < -0.3 is 9.47 Å². The molecular weight excluding hydrogens is 314 g/mol. The smallest absolute Gasteiger partial charge is 0.262 e. The number of hydrogen-bond acceptors (Lipinski definition) is 4. The summed E-state index contributed by atoms with van der Waals surface area (Å²) in [6.07, 6.45) is 0.742. The zero-order valence-corrected chi connectivity index (χ0v) is 14.5. The lowest BCUT2D eigenvalue weighted by Crippen LogP contribution is -2.15. The number of anilines is 1. The Morgan fingerprint density at radius 2 is 1.74 bits per heavy atom. The van der Waals surface area contributed by atoms with Crippen LogP contribution in [0.4, 0.5) is 5.69 Å². The maximum atomic E-state index is 12.7. The van der Waals surface area contributed by atoms with Gasteiger partial charge in [-0.3, -0.25) is 4.72 Å². The molecule has 2 rings (SSSR count). The second-order valence-electron chi connectivity index (χ2n) is 5.08. The summed E-state index contributed by atoms with van der Waals surface area (Å²) in [5.74, 6) is 0.854. The van der Waals surface area contributed by atoms with Gasteiger partial charge in [-0.15, -0.1) is 0 Å². The normalized spacial score (nSPS) is 11.1. The van der Waals surface area contributed by atoms with Gasteiger partial charge in [0.15, 0.2) is 11.5 Å². The van der Waals surface area contributed by atoms with Crippen LogP contribution in [0.15, 0.2) is 41.3 Å². The molecule has 0 radical (unpaired) electrons. The number of hydrogen-bond donors (Lipinski definition) is 1. The van der Waals surface area contributed by atoms with Crippen molar-refractivity contribution in [3.8, 4) is 11.5 Å². The molecule has 0 spiro atoms. The Hall–Kier alpha value is -2.21. The van der Waals surface area contributed by atoms with E-state index in [2.05, 4.69) is 4.72 Å². The van der Waals surface area contributed by atoms with E-state index in [1.807, 2.05) is 32.0 Å². The molecule has 0 saturated heterocycles. The Bertz CT molecular complexity index is 800. The summed E-state index contributed by atoms with van der Waals surface area (Å²) >= 11 is 0. The Labute approximate surface area is 137 Å². The van der Waals surface area contributed by atoms with E-state index >= 15 is 0 Å². The topological polar surface area (TPSA) is 64.6 Å². The van der Waals surface area contributed by atoms with Crippen LogP contribution in [0, 0.1) is 6.92 Å². The molecule has 124 valence electrons. The maximum absolute atomic E-state index is 12.7. The van der Waals surface area contributed by atoms with Crippen molar-refractivity contribution in [1.82, 2.24) is 0 Å². The van der Waals surface area contributed by atoms with Gasteiger partial charge in [0, 0.05) is 6.07 Å². The lowest BCUT2D eigenvalue weighted by atomic mass is 10.1. The molecule has 1 N–H and O–H groups in total. The van der Waals surface area contributed by atoms with E-state index in [1.165, 1.54) is 26.4 Å².